The summed E-state index contributed by atoms with van der Waals surface area (Å²) in [6, 6.07) is 7.62. The van der Waals surface area contributed by atoms with E-state index in [1.165, 1.54) is 0 Å². The smallest absolute Gasteiger partial charge is 0.404 e. The van der Waals surface area contributed by atoms with E-state index in [4.69, 9.17) is 14.6 Å². The van der Waals surface area contributed by atoms with Gasteiger partial charge in [-0.1, -0.05) is 18.2 Å². The number of ether oxygens (including phenoxy) is 2. The number of carbonyl (C=O) groups is 2. The normalized spacial score (nSPS) is 20.3. The maximum Gasteiger partial charge on any atom is 0.404 e. The van der Waals surface area contributed by atoms with Crippen LogP contribution < -0.4 is 20.1 Å². The van der Waals surface area contributed by atoms with E-state index in [0.29, 0.717) is 30.2 Å². The molecule has 4 rings (SSSR count). The second-order valence-electron chi connectivity index (χ2n) is 9.13. The second-order valence-corrected chi connectivity index (χ2v) is 9.13. The van der Waals surface area contributed by atoms with Gasteiger partial charge in [-0.2, -0.15) is 0 Å². The monoisotopic (exact) mass is 479 g/mol. The van der Waals surface area contributed by atoms with Crippen molar-refractivity contribution in [1.29, 1.82) is 0 Å². The zero-order chi connectivity index (χ0) is 24.8. The minimum absolute atomic E-state index is 0.00720. The molecule has 0 unspecified atom stereocenters. The number of carboxylic acid groups (broad SMARTS) is 1. The first-order valence-corrected chi connectivity index (χ1v) is 12.2. The largest absolute Gasteiger partial charge is 0.490 e. The highest BCUT2D eigenvalue weighted by atomic mass is 16.5. The molecule has 1 aliphatic heterocycles. The van der Waals surface area contributed by atoms with E-state index in [1.54, 1.807) is 7.11 Å². The molecule has 0 saturated heterocycles. The van der Waals surface area contributed by atoms with Crippen LogP contribution in [0.4, 0.5) is 4.79 Å². The van der Waals surface area contributed by atoms with Crippen molar-refractivity contribution in [2.24, 2.45) is 0 Å². The predicted molar refractivity (Wildman–Crippen MR) is 132 cm³/mol. The van der Waals surface area contributed by atoms with Crippen molar-refractivity contribution < 1.29 is 24.2 Å². The fourth-order valence-electron chi connectivity index (χ4n) is 4.92. The van der Waals surface area contributed by atoms with Crippen molar-refractivity contribution >= 4 is 12.0 Å². The van der Waals surface area contributed by atoms with E-state index in [2.05, 4.69) is 33.8 Å². The van der Waals surface area contributed by atoms with Crippen LogP contribution in [0.15, 0.2) is 36.4 Å². The van der Waals surface area contributed by atoms with Crippen molar-refractivity contribution in [2.45, 2.75) is 70.6 Å². The molecule has 1 fully saturated rings. The summed E-state index contributed by atoms with van der Waals surface area (Å²) in [5.74, 6) is 1.10. The van der Waals surface area contributed by atoms with Crippen molar-refractivity contribution in [3.63, 3.8) is 0 Å². The molecule has 2 aliphatic rings. The van der Waals surface area contributed by atoms with E-state index in [-0.39, 0.29) is 18.1 Å². The Balaban J connectivity index is 1.55. The molecule has 2 heterocycles. The highest BCUT2D eigenvalue weighted by molar-refractivity contribution is 5.96. The molecule has 3 N–H and O–H groups in total. The van der Waals surface area contributed by atoms with E-state index in [1.807, 2.05) is 25.1 Å². The molecule has 186 valence electrons. The predicted octanol–water partition coefficient (Wildman–Crippen LogP) is 4.33. The van der Waals surface area contributed by atoms with Crippen molar-refractivity contribution in [1.82, 2.24) is 15.6 Å². The SMILES string of the molecule is COc1nc(C)cc2c1CNC(=O)c1cccc(O[C@H]3CC[C@H](NC(=O)O)CC3)c1CC=CCC2. The van der Waals surface area contributed by atoms with Crippen LogP contribution in [0.2, 0.25) is 0 Å². The number of hydrogen-bond acceptors (Lipinski definition) is 5. The Morgan fingerprint density at radius 1 is 1.17 bits per heavy atom. The summed E-state index contributed by atoms with van der Waals surface area (Å²) in [7, 11) is 1.60. The molecular weight excluding hydrogens is 446 g/mol. The fraction of sp³-hybridized carbons (Fsp3) is 0.444. The van der Waals surface area contributed by atoms with Crippen LogP contribution in [-0.4, -0.2) is 41.3 Å². The molecule has 0 radical (unpaired) electrons. The average molecular weight is 480 g/mol. The lowest BCUT2D eigenvalue weighted by atomic mass is 9.92. The Labute approximate surface area is 205 Å². The van der Waals surface area contributed by atoms with Gasteiger partial charge in [0, 0.05) is 35.0 Å². The Hall–Kier alpha value is -3.55. The Kier molecular flexibility index (Phi) is 7.90. The molecule has 1 aromatic carbocycles. The zero-order valence-corrected chi connectivity index (χ0v) is 20.3. The van der Waals surface area contributed by atoms with Gasteiger partial charge in [0.1, 0.15) is 5.75 Å². The number of rotatable bonds is 4. The lowest BCUT2D eigenvalue weighted by Gasteiger charge is -2.29. The summed E-state index contributed by atoms with van der Waals surface area (Å²) in [4.78, 5) is 28.7. The first-order valence-electron chi connectivity index (χ1n) is 12.2. The number of nitrogens with one attached hydrogen (secondary N) is 2. The first kappa shape index (κ1) is 24.6. The van der Waals surface area contributed by atoms with Gasteiger partial charge in [0.05, 0.1) is 13.2 Å². The van der Waals surface area contributed by atoms with Crippen molar-refractivity contribution in [3.05, 3.63) is 64.4 Å². The lowest BCUT2D eigenvalue weighted by molar-refractivity contribution is 0.0947. The Morgan fingerprint density at radius 3 is 2.71 bits per heavy atom. The van der Waals surface area contributed by atoms with Crippen LogP contribution >= 0.6 is 0 Å². The molecule has 2 amide bonds. The van der Waals surface area contributed by atoms with Gasteiger partial charge in [0.2, 0.25) is 5.88 Å². The van der Waals surface area contributed by atoms with Gasteiger partial charge in [0.15, 0.2) is 0 Å². The summed E-state index contributed by atoms with van der Waals surface area (Å²) in [5.41, 5.74) is 4.38. The van der Waals surface area contributed by atoms with Gasteiger partial charge < -0.3 is 25.2 Å². The molecule has 0 bridgehead atoms. The van der Waals surface area contributed by atoms with E-state index >= 15 is 0 Å². The number of nitrogens with zero attached hydrogens (tertiary/aromatic N) is 1. The van der Waals surface area contributed by atoms with Crippen LogP contribution in [0.5, 0.6) is 11.6 Å². The highest BCUT2D eigenvalue weighted by Gasteiger charge is 2.25. The van der Waals surface area contributed by atoms with Gasteiger partial charge in [-0.15, -0.1) is 0 Å². The van der Waals surface area contributed by atoms with E-state index in [9.17, 15) is 9.59 Å². The van der Waals surface area contributed by atoms with Gasteiger partial charge in [-0.3, -0.25) is 4.79 Å². The Bertz CT molecular complexity index is 1110. The van der Waals surface area contributed by atoms with Crippen molar-refractivity contribution in [3.8, 4) is 11.6 Å². The number of aromatic nitrogens is 1. The van der Waals surface area contributed by atoms with E-state index in [0.717, 1.165) is 60.9 Å². The fourth-order valence-corrected chi connectivity index (χ4v) is 4.92. The average Bonchev–Trinajstić information content (AvgIpc) is 2.83. The number of allylic oxidation sites excluding steroid dienone is 2. The Morgan fingerprint density at radius 2 is 1.97 bits per heavy atom. The number of benzene rings is 1. The molecular formula is C27H33N3O5. The summed E-state index contributed by atoms with van der Waals surface area (Å²) in [6.45, 7) is 2.28. The number of carbonyl (C=O) groups excluding carboxylic acids is 1. The first-order chi connectivity index (χ1) is 16.9. The van der Waals surface area contributed by atoms with Crippen LogP contribution in [0.25, 0.3) is 0 Å². The standard InChI is InChI=1S/C27H33N3O5/c1-17-15-18-7-4-3-5-8-21-22(25(31)28-16-23(18)26(29-17)34-2)9-6-10-24(21)35-20-13-11-19(12-14-20)30-27(32)33/h3,5-6,9-10,15,19-20,30H,4,7-8,11-14,16H2,1-2H3,(H,28,31)(H,32,33)/t19-,20-. The highest BCUT2D eigenvalue weighted by Crippen LogP contribution is 2.30. The zero-order valence-electron chi connectivity index (χ0n) is 20.3. The summed E-state index contributed by atoms with van der Waals surface area (Å²) < 4.78 is 11.9. The maximum atomic E-state index is 13.3. The van der Waals surface area contributed by atoms with Crippen molar-refractivity contribution in [2.75, 3.05) is 7.11 Å². The number of pyridine rings is 1. The molecule has 8 heteroatoms. The summed E-state index contributed by atoms with van der Waals surface area (Å²) in [6.07, 6.45) is 8.55. The number of aryl methyl sites for hydroxylation is 2. The molecule has 0 atom stereocenters. The number of methoxy groups -OCH3 is 1. The topological polar surface area (TPSA) is 110 Å². The third kappa shape index (κ3) is 6.12. The van der Waals surface area contributed by atoms with Crippen LogP contribution in [-0.2, 0) is 19.4 Å². The molecule has 0 spiro atoms. The number of fused-ring (bicyclic) bond motifs is 2. The van der Waals surface area contributed by atoms with E-state index < -0.39 is 6.09 Å². The minimum atomic E-state index is -0.985. The number of hydrogen-bond donors (Lipinski definition) is 3. The minimum Gasteiger partial charge on any atom is -0.490 e. The van der Waals surface area contributed by atoms with Gasteiger partial charge in [0.25, 0.3) is 5.91 Å². The third-order valence-electron chi connectivity index (χ3n) is 6.67. The molecule has 1 aliphatic carbocycles. The second kappa shape index (κ2) is 11.3. The molecule has 1 aromatic heterocycles. The molecule has 1 saturated carbocycles. The number of amides is 2. The summed E-state index contributed by atoms with van der Waals surface area (Å²) >= 11 is 0. The van der Waals surface area contributed by atoms with Crippen LogP contribution in [0.1, 0.15) is 64.8 Å². The summed E-state index contributed by atoms with van der Waals surface area (Å²) in [5, 5.41) is 14.6. The molecule has 2 aromatic rings. The van der Waals surface area contributed by atoms with Crippen LogP contribution in [0.3, 0.4) is 0 Å². The quantitative estimate of drug-likeness (QED) is 0.563. The van der Waals surface area contributed by atoms with Gasteiger partial charge >= 0.3 is 6.09 Å². The van der Waals surface area contributed by atoms with Crippen LogP contribution in [0, 0.1) is 6.92 Å². The maximum absolute atomic E-state index is 13.3. The van der Waals surface area contributed by atoms with Gasteiger partial charge in [-0.25, -0.2) is 9.78 Å². The molecule has 8 nitrogen and oxygen atoms in total. The third-order valence-corrected chi connectivity index (χ3v) is 6.67. The van der Waals surface area contributed by atoms with Gasteiger partial charge in [-0.05, 0) is 75.6 Å². The molecule has 35 heavy (non-hydrogen) atoms. The lowest BCUT2D eigenvalue weighted by Crippen LogP contribution is -2.39.